The Labute approximate surface area is 226 Å². The van der Waals surface area contributed by atoms with Gasteiger partial charge in [0.05, 0.1) is 12.8 Å². The first-order valence-electron chi connectivity index (χ1n) is 13.5. The molecule has 0 aromatic carbocycles. The third kappa shape index (κ3) is 2.99. The summed E-state index contributed by atoms with van der Waals surface area (Å²) in [5.41, 5.74) is -4.64. The topological polar surface area (TPSA) is 181 Å². The Morgan fingerprint density at radius 3 is 2.54 bits per heavy atom. The number of aliphatic hydroxyl groups is 3. The lowest BCUT2D eigenvalue weighted by molar-refractivity contribution is -0.309. The second kappa shape index (κ2) is 8.63. The van der Waals surface area contributed by atoms with E-state index in [1.807, 2.05) is 13.8 Å². The van der Waals surface area contributed by atoms with Gasteiger partial charge in [-0.15, -0.1) is 0 Å². The predicted molar refractivity (Wildman–Crippen MR) is 136 cm³/mol. The van der Waals surface area contributed by atoms with E-state index in [1.54, 1.807) is 26.1 Å². The number of ether oxygens (including phenoxy) is 3. The molecule has 0 spiro atoms. The Bertz CT molecular complexity index is 1240. The molecule has 0 unspecified atom stereocenters. The van der Waals surface area contributed by atoms with Crippen molar-refractivity contribution in [1.29, 1.82) is 0 Å². The van der Waals surface area contributed by atoms with Crippen LogP contribution in [0.25, 0.3) is 0 Å². The SMILES string of the molecule is CC1=C(C(C)C)[C@@H](OC(=O)c2ccc[nH]2)[C@@]2(O)[C@@]3(C)CC(=O)O[C@@]4([C@H](OC(=O)CCN)[C@@H](C)CC[C@]34O)[C@@]12O. The van der Waals surface area contributed by atoms with Gasteiger partial charge in [-0.1, -0.05) is 27.7 Å². The fourth-order valence-corrected chi connectivity index (χ4v) is 8.30. The van der Waals surface area contributed by atoms with E-state index in [1.165, 1.54) is 13.0 Å². The summed E-state index contributed by atoms with van der Waals surface area (Å²) in [4.78, 5) is 42.1. The minimum Gasteiger partial charge on any atom is -0.457 e. The summed E-state index contributed by atoms with van der Waals surface area (Å²) in [5, 5.41) is 38.5. The Morgan fingerprint density at radius 1 is 1.26 bits per heavy atom. The monoisotopic (exact) mass is 546 g/mol. The molecule has 3 aliphatic carbocycles. The smallest absolute Gasteiger partial charge is 0.355 e. The van der Waals surface area contributed by atoms with Gasteiger partial charge in [0.25, 0.3) is 0 Å². The molecule has 2 bridgehead atoms. The van der Waals surface area contributed by atoms with Crippen LogP contribution >= 0.6 is 0 Å². The van der Waals surface area contributed by atoms with Crippen LogP contribution in [0.15, 0.2) is 29.5 Å². The van der Waals surface area contributed by atoms with Crippen molar-refractivity contribution in [3.63, 3.8) is 0 Å². The van der Waals surface area contributed by atoms with Gasteiger partial charge in [0.15, 0.2) is 23.4 Å². The highest BCUT2D eigenvalue weighted by molar-refractivity contribution is 5.88. The maximum Gasteiger partial charge on any atom is 0.355 e. The summed E-state index contributed by atoms with van der Waals surface area (Å²) in [5.74, 6) is -3.04. The molecule has 1 aromatic heterocycles. The van der Waals surface area contributed by atoms with Crippen molar-refractivity contribution < 1.29 is 43.9 Å². The second-order valence-electron chi connectivity index (χ2n) is 12.1. The summed E-state index contributed by atoms with van der Waals surface area (Å²) in [7, 11) is 0. The molecule has 6 N–H and O–H groups in total. The molecular weight excluding hydrogens is 508 g/mol. The second-order valence-corrected chi connectivity index (χ2v) is 12.1. The summed E-state index contributed by atoms with van der Waals surface area (Å²) in [6.45, 7) is 8.54. The molecule has 5 rings (SSSR count). The van der Waals surface area contributed by atoms with E-state index in [-0.39, 0.29) is 36.6 Å². The van der Waals surface area contributed by atoms with Crippen LogP contribution in [0, 0.1) is 17.3 Å². The van der Waals surface area contributed by atoms with E-state index < -0.39 is 70.3 Å². The van der Waals surface area contributed by atoms with Crippen molar-refractivity contribution in [1.82, 2.24) is 4.98 Å². The van der Waals surface area contributed by atoms with E-state index in [2.05, 4.69) is 4.98 Å². The zero-order chi connectivity index (χ0) is 28.8. The van der Waals surface area contributed by atoms with Gasteiger partial charge in [-0.25, -0.2) is 4.79 Å². The molecule has 11 nitrogen and oxygen atoms in total. The maximum absolute atomic E-state index is 13.3. The van der Waals surface area contributed by atoms with Crippen LogP contribution in [-0.2, 0) is 23.8 Å². The molecule has 4 aliphatic rings. The van der Waals surface area contributed by atoms with Crippen molar-refractivity contribution in [2.75, 3.05) is 6.54 Å². The number of aromatic amines is 1. The number of H-pyrrole nitrogens is 1. The minimum atomic E-state index is -2.47. The van der Waals surface area contributed by atoms with Crippen LogP contribution < -0.4 is 5.73 Å². The highest BCUT2D eigenvalue weighted by atomic mass is 16.6. The average Bonchev–Trinajstić information content (AvgIpc) is 3.46. The van der Waals surface area contributed by atoms with Crippen molar-refractivity contribution in [2.45, 2.75) is 94.9 Å². The Kier molecular flexibility index (Phi) is 6.16. The number of carbonyl (C=O) groups excluding carboxylic acids is 3. The van der Waals surface area contributed by atoms with Crippen molar-refractivity contribution in [3.8, 4) is 0 Å². The number of hydrogen-bond acceptors (Lipinski definition) is 10. The highest BCUT2D eigenvalue weighted by Gasteiger charge is 2.97. The van der Waals surface area contributed by atoms with E-state index >= 15 is 0 Å². The van der Waals surface area contributed by atoms with Crippen LogP contribution in [0.5, 0.6) is 0 Å². The normalized spacial score (nSPS) is 42.7. The van der Waals surface area contributed by atoms with Gasteiger partial charge >= 0.3 is 17.9 Å². The van der Waals surface area contributed by atoms with Crippen molar-refractivity contribution in [3.05, 3.63) is 35.2 Å². The van der Waals surface area contributed by atoms with Crippen LogP contribution in [0.4, 0.5) is 0 Å². The van der Waals surface area contributed by atoms with Crippen molar-refractivity contribution in [2.24, 2.45) is 23.0 Å². The predicted octanol–water partition coefficient (Wildman–Crippen LogP) is 1.12. The summed E-state index contributed by atoms with van der Waals surface area (Å²) in [6.07, 6.45) is -1.42. The number of esters is 3. The molecule has 3 fully saturated rings. The fourth-order valence-electron chi connectivity index (χ4n) is 8.30. The molecular formula is C28H38N2O9. The molecule has 214 valence electrons. The van der Waals surface area contributed by atoms with Gasteiger partial charge in [0, 0.05) is 18.2 Å². The Hall–Kier alpha value is -2.73. The molecule has 39 heavy (non-hydrogen) atoms. The molecule has 1 aromatic rings. The van der Waals surface area contributed by atoms with Crippen LogP contribution in [0.1, 0.15) is 70.8 Å². The van der Waals surface area contributed by atoms with E-state index in [9.17, 15) is 29.7 Å². The summed E-state index contributed by atoms with van der Waals surface area (Å²) >= 11 is 0. The number of carbonyl (C=O) groups is 3. The molecule has 0 amide bonds. The Balaban J connectivity index is 1.79. The number of nitrogens with one attached hydrogen (secondary N) is 1. The maximum atomic E-state index is 13.3. The number of aromatic nitrogens is 1. The zero-order valence-electron chi connectivity index (χ0n) is 22.9. The fraction of sp³-hybridized carbons (Fsp3) is 0.679. The molecule has 8 atom stereocenters. The molecule has 2 saturated carbocycles. The third-order valence-electron chi connectivity index (χ3n) is 10.0. The van der Waals surface area contributed by atoms with E-state index in [4.69, 9.17) is 19.9 Å². The average molecular weight is 547 g/mol. The number of nitrogens with two attached hydrogens (primary N) is 1. The van der Waals surface area contributed by atoms with Crippen molar-refractivity contribution >= 4 is 17.9 Å². The van der Waals surface area contributed by atoms with Gasteiger partial charge in [0.2, 0.25) is 5.60 Å². The van der Waals surface area contributed by atoms with Crippen LogP contribution in [-0.4, -0.2) is 79.4 Å². The van der Waals surface area contributed by atoms with E-state index in [0.29, 0.717) is 12.0 Å². The van der Waals surface area contributed by atoms with Crippen LogP contribution in [0.2, 0.25) is 0 Å². The molecule has 2 heterocycles. The first-order chi connectivity index (χ1) is 18.2. The minimum absolute atomic E-state index is 0.0100. The number of rotatable bonds is 6. The molecule has 1 aliphatic heterocycles. The highest BCUT2D eigenvalue weighted by Crippen LogP contribution is 2.77. The lowest BCUT2D eigenvalue weighted by atomic mass is 9.55. The summed E-state index contributed by atoms with van der Waals surface area (Å²) < 4.78 is 17.9. The van der Waals surface area contributed by atoms with Crippen LogP contribution in [0.3, 0.4) is 0 Å². The van der Waals surface area contributed by atoms with E-state index in [0.717, 1.165) is 0 Å². The lowest BCUT2D eigenvalue weighted by Crippen LogP contribution is -2.78. The lowest BCUT2D eigenvalue weighted by Gasteiger charge is -2.60. The molecule has 11 heteroatoms. The first kappa shape index (κ1) is 27.8. The Morgan fingerprint density at radius 2 is 1.95 bits per heavy atom. The summed E-state index contributed by atoms with van der Waals surface area (Å²) in [6, 6.07) is 3.14. The van der Waals surface area contributed by atoms with Gasteiger partial charge < -0.3 is 40.2 Å². The van der Waals surface area contributed by atoms with Gasteiger partial charge in [-0.2, -0.15) is 0 Å². The first-order valence-corrected chi connectivity index (χ1v) is 13.5. The number of hydrogen-bond donors (Lipinski definition) is 5. The quantitative estimate of drug-likeness (QED) is 0.197. The van der Waals surface area contributed by atoms with Gasteiger partial charge in [0.1, 0.15) is 11.3 Å². The standard InChI is InChI=1S/C28H38N2O9/c1-14(2)20-16(4)26(35)27(36,22(20)38-23(33)17-7-6-12-30-17)24(5)13-19(32)39-28(26)21(37-18(31)9-11-29)15(3)8-10-25(24,28)34/h6-7,12,14-15,21-22,30,34-36H,8-11,13,29H2,1-5H3/t15-,21+,22+,24-,25-,26+,27+,28+/m0/s1. The largest absolute Gasteiger partial charge is 0.457 e. The molecule has 1 saturated heterocycles. The molecule has 0 radical (unpaired) electrons. The number of fused-ring (bicyclic) bond motifs is 2. The third-order valence-corrected chi connectivity index (χ3v) is 10.0. The van der Waals surface area contributed by atoms with Gasteiger partial charge in [-0.3, -0.25) is 9.59 Å². The van der Waals surface area contributed by atoms with Gasteiger partial charge in [-0.05, 0) is 54.9 Å². The zero-order valence-corrected chi connectivity index (χ0v) is 22.9.